The summed E-state index contributed by atoms with van der Waals surface area (Å²) in [5.74, 6) is 0. The summed E-state index contributed by atoms with van der Waals surface area (Å²) in [5, 5.41) is 1.24. The van der Waals surface area contributed by atoms with Crippen molar-refractivity contribution in [3.05, 3.63) is 49.3 Å². The molecule has 7 heteroatoms. The monoisotopic (exact) mass is 403 g/mol. The van der Waals surface area contributed by atoms with Crippen molar-refractivity contribution >= 4 is 46.1 Å². The number of thiazole rings is 1. The Hall–Kier alpha value is -0.360. The van der Waals surface area contributed by atoms with E-state index in [4.69, 9.17) is 34.8 Å². The van der Waals surface area contributed by atoms with Gasteiger partial charge in [-0.1, -0.05) is 40.9 Å². The molecule has 1 aromatic carbocycles. The van der Waals surface area contributed by atoms with Gasteiger partial charge in [-0.25, -0.2) is 4.98 Å². The second kappa shape index (κ2) is 8.35. The van der Waals surface area contributed by atoms with Crippen molar-refractivity contribution in [1.29, 1.82) is 0 Å². The van der Waals surface area contributed by atoms with Gasteiger partial charge in [0.2, 0.25) is 0 Å². The largest absolute Gasteiger partial charge is 0.299 e. The van der Waals surface area contributed by atoms with Crippen molar-refractivity contribution in [2.24, 2.45) is 0 Å². The van der Waals surface area contributed by atoms with Crippen molar-refractivity contribution in [1.82, 2.24) is 14.8 Å². The molecule has 24 heavy (non-hydrogen) atoms. The molecular weight excluding hydrogens is 385 g/mol. The maximum atomic E-state index is 6.11. The van der Waals surface area contributed by atoms with Crippen LogP contribution in [0, 0.1) is 0 Å². The average molecular weight is 405 g/mol. The molecule has 1 saturated heterocycles. The van der Waals surface area contributed by atoms with Gasteiger partial charge < -0.3 is 0 Å². The van der Waals surface area contributed by atoms with Crippen molar-refractivity contribution < 1.29 is 0 Å². The van der Waals surface area contributed by atoms with E-state index in [2.05, 4.69) is 21.8 Å². The van der Waals surface area contributed by atoms with E-state index >= 15 is 0 Å². The van der Waals surface area contributed by atoms with Gasteiger partial charge >= 0.3 is 0 Å². The van der Waals surface area contributed by atoms with Crippen molar-refractivity contribution in [2.45, 2.75) is 32.0 Å². The molecule has 0 atom stereocenters. The maximum Gasteiger partial charge on any atom is 0.183 e. The van der Waals surface area contributed by atoms with Crippen LogP contribution in [0.2, 0.25) is 14.5 Å². The summed E-state index contributed by atoms with van der Waals surface area (Å²) in [5.41, 5.74) is 1.20. The third-order valence-corrected chi connectivity index (χ3v) is 6.34. The standard InChI is InChI=1S/C17H20Cl3N3S/c1-22(10-12-2-3-15(18)16(19)8-12)13-4-6-23(7-5-13)11-14-9-21-17(20)24-14/h2-3,8-9,13H,4-7,10-11H2,1H3. The average Bonchev–Trinajstić information content (AvgIpc) is 2.96. The van der Waals surface area contributed by atoms with Crippen LogP contribution in [-0.4, -0.2) is 41.0 Å². The van der Waals surface area contributed by atoms with Crippen LogP contribution in [0.25, 0.3) is 0 Å². The molecule has 2 aromatic rings. The lowest BCUT2D eigenvalue weighted by Crippen LogP contribution is -2.42. The quantitative estimate of drug-likeness (QED) is 0.683. The Kier molecular flexibility index (Phi) is 6.41. The van der Waals surface area contributed by atoms with E-state index in [0.717, 1.165) is 26.2 Å². The summed E-state index contributed by atoms with van der Waals surface area (Å²) < 4.78 is 0.626. The summed E-state index contributed by atoms with van der Waals surface area (Å²) in [7, 11) is 2.19. The van der Waals surface area contributed by atoms with Crippen LogP contribution in [0.1, 0.15) is 23.3 Å². The highest BCUT2D eigenvalue weighted by Gasteiger charge is 2.23. The Morgan fingerprint density at radius 1 is 1.21 bits per heavy atom. The lowest BCUT2D eigenvalue weighted by Gasteiger charge is -2.36. The lowest BCUT2D eigenvalue weighted by atomic mass is 10.0. The number of benzene rings is 1. The summed E-state index contributed by atoms with van der Waals surface area (Å²) >= 11 is 19.6. The topological polar surface area (TPSA) is 19.4 Å². The first-order valence-corrected chi connectivity index (χ1v) is 9.93. The zero-order valence-corrected chi connectivity index (χ0v) is 16.6. The van der Waals surface area contributed by atoms with Gasteiger partial charge in [0.05, 0.1) is 10.0 Å². The molecule has 2 heterocycles. The molecule has 3 nitrogen and oxygen atoms in total. The Morgan fingerprint density at radius 3 is 2.58 bits per heavy atom. The summed E-state index contributed by atoms with van der Waals surface area (Å²) in [6.07, 6.45) is 4.23. The summed E-state index contributed by atoms with van der Waals surface area (Å²) in [6.45, 7) is 4.05. The zero-order chi connectivity index (χ0) is 17.1. The molecular formula is C17H20Cl3N3S. The number of likely N-dealkylation sites (tertiary alicyclic amines) is 1. The van der Waals surface area contributed by atoms with E-state index in [1.807, 2.05) is 24.4 Å². The first-order chi connectivity index (χ1) is 11.5. The number of aromatic nitrogens is 1. The molecule has 0 amide bonds. The molecule has 1 aliphatic heterocycles. The van der Waals surface area contributed by atoms with Crippen molar-refractivity contribution in [2.75, 3.05) is 20.1 Å². The molecule has 1 aliphatic rings. The number of piperidine rings is 1. The number of rotatable bonds is 5. The first-order valence-electron chi connectivity index (χ1n) is 7.98. The van der Waals surface area contributed by atoms with Crippen LogP contribution < -0.4 is 0 Å². The Balaban J connectivity index is 1.49. The number of hydrogen-bond acceptors (Lipinski definition) is 4. The van der Waals surface area contributed by atoms with E-state index in [9.17, 15) is 0 Å². The number of halogens is 3. The van der Waals surface area contributed by atoms with E-state index in [-0.39, 0.29) is 0 Å². The van der Waals surface area contributed by atoms with Crippen LogP contribution in [0.5, 0.6) is 0 Å². The molecule has 130 valence electrons. The molecule has 1 fully saturated rings. The fourth-order valence-corrected chi connectivity index (χ4v) is 4.49. The smallest absolute Gasteiger partial charge is 0.183 e. The van der Waals surface area contributed by atoms with Crippen LogP contribution in [0.15, 0.2) is 24.4 Å². The molecule has 0 N–H and O–H groups in total. The third kappa shape index (κ3) is 4.84. The van der Waals surface area contributed by atoms with Crippen LogP contribution in [0.4, 0.5) is 0 Å². The second-order valence-electron chi connectivity index (χ2n) is 6.25. The maximum absolute atomic E-state index is 6.11. The van der Waals surface area contributed by atoms with Crippen molar-refractivity contribution in [3.8, 4) is 0 Å². The predicted molar refractivity (Wildman–Crippen MR) is 103 cm³/mol. The second-order valence-corrected chi connectivity index (χ2v) is 8.76. The molecule has 0 bridgehead atoms. The summed E-state index contributed by atoms with van der Waals surface area (Å²) in [6, 6.07) is 6.48. The fourth-order valence-electron chi connectivity index (χ4n) is 3.15. The van der Waals surface area contributed by atoms with Gasteiger partial charge in [-0.2, -0.15) is 0 Å². The number of hydrogen-bond donors (Lipinski definition) is 0. The van der Waals surface area contributed by atoms with Gasteiger partial charge in [0, 0.05) is 43.3 Å². The van der Waals surface area contributed by atoms with Gasteiger partial charge in [-0.3, -0.25) is 9.80 Å². The number of nitrogens with zero attached hydrogens (tertiary/aromatic N) is 3. The van der Waals surface area contributed by atoms with Crippen LogP contribution in [0.3, 0.4) is 0 Å². The van der Waals surface area contributed by atoms with Crippen LogP contribution in [-0.2, 0) is 13.1 Å². The van der Waals surface area contributed by atoms with E-state index in [1.54, 1.807) is 11.3 Å². The molecule has 0 aliphatic carbocycles. The van der Waals surface area contributed by atoms with Crippen LogP contribution >= 0.6 is 46.1 Å². The Labute approximate surface area is 162 Å². The minimum atomic E-state index is 0.598. The molecule has 3 rings (SSSR count). The minimum Gasteiger partial charge on any atom is -0.299 e. The molecule has 0 unspecified atom stereocenters. The molecule has 0 radical (unpaired) electrons. The van der Waals surface area contributed by atoms with Gasteiger partial charge in [0.15, 0.2) is 4.47 Å². The van der Waals surface area contributed by atoms with Gasteiger partial charge in [0.1, 0.15) is 0 Å². The minimum absolute atomic E-state index is 0.598. The lowest BCUT2D eigenvalue weighted by molar-refractivity contribution is 0.120. The first kappa shape index (κ1) is 18.4. The Morgan fingerprint density at radius 2 is 1.96 bits per heavy atom. The van der Waals surface area contributed by atoms with E-state index in [1.165, 1.54) is 23.3 Å². The SMILES string of the molecule is CN(Cc1ccc(Cl)c(Cl)c1)C1CCN(Cc2cnc(Cl)s2)CC1. The van der Waals surface area contributed by atoms with Gasteiger partial charge in [-0.15, -0.1) is 11.3 Å². The zero-order valence-electron chi connectivity index (χ0n) is 13.5. The normalized spacial score (nSPS) is 16.9. The van der Waals surface area contributed by atoms with Gasteiger partial charge in [-0.05, 0) is 37.6 Å². The Bertz CT molecular complexity index is 683. The fraction of sp³-hybridized carbons (Fsp3) is 0.471. The molecule has 0 spiro atoms. The van der Waals surface area contributed by atoms with E-state index in [0.29, 0.717) is 20.6 Å². The third-order valence-electron chi connectivity index (χ3n) is 4.50. The highest BCUT2D eigenvalue weighted by Crippen LogP contribution is 2.25. The van der Waals surface area contributed by atoms with Crippen molar-refractivity contribution in [3.63, 3.8) is 0 Å². The van der Waals surface area contributed by atoms with E-state index < -0.39 is 0 Å². The highest BCUT2D eigenvalue weighted by atomic mass is 35.5. The molecule has 1 aromatic heterocycles. The summed E-state index contributed by atoms with van der Waals surface area (Å²) in [4.78, 5) is 10.2. The highest BCUT2D eigenvalue weighted by molar-refractivity contribution is 7.15. The van der Waals surface area contributed by atoms with Gasteiger partial charge in [0.25, 0.3) is 0 Å². The molecule has 0 saturated carbocycles. The predicted octanol–water partition coefficient (Wildman–Crippen LogP) is 5.20.